The number of aliphatic hydroxyl groups is 1. The molecule has 3 nitrogen and oxygen atoms in total. The topological polar surface area (TPSA) is 46.5 Å². The molecular weight excluding hydrogens is 240 g/mol. The molecule has 0 fully saturated rings. The minimum absolute atomic E-state index is 0.0142. The van der Waals surface area contributed by atoms with Gasteiger partial charge in [0.2, 0.25) is 0 Å². The van der Waals surface area contributed by atoms with Crippen molar-refractivity contribution < 1.29 is 14.6 Å². The van der Waals surface area contributed by atoms with Crippen molar-refractivity contribution in [2.75, 3.05) is 0 Å². The van der Waals surface area contributed by atoms with Crippen LogP contribution in [-0.2, 0) is 9.53 Å². The summed E-state index contributed by atoms with van der Waals surface area (Å²) in [6, 6.07) is 0. The summed E-state index contributed by atoms with van der Waals surface area (Å²) in [4.78, 5) is 11.5. The van der Waals surface area contributed by atoms with Crippen LogP contribution in [0.15, 0.2) is 24.3 Å². The van der Waals surface area contributed by atoms with Crippen LogP contribution in [0.1, 0.15) is 58.3 Å². The summed E-state index contributed by atoms with van der Waals surface area (Å²) in [6.45, 7) is 1.94. The Labute approximate surface area is 116 Å². The third-order valence-corrected chi connectivity index (χ3v) is 3.35. The molecule has 1 aliphatic rings. The van der Waals surface area contributed by atoms with E-state index >= 15 is 0 Å². The summed E-state index contributed by atoms with van der Waals surface area (Å²) in [5, 5.41) is 9.69. The summed E-state index contributed by atoms with van der Waals surface area (Å²) in [7, 11) is 0. The Bertz CT molecular complexity index is 307. The quantitative estimate of drug-likeness (QED) is 0.682. The second-order valence-electron chi connectivity index (χ2n) is 5.26. The van der Waals surface area contributed by atoms with Crippen molar-refractivity contribution in [1.82, 2.24) is 0 Å². The van der Waals surface area contributed by atoms with Crippen LogP contribution in [0.3, 0.4) is 0 Å². The fourth-order valence-electron chi connectivity index (χ4n) is 2.21. The number of esters is 1. The predicted molar refractivity (Wildman–Crippen MR) is 76.8 cm³/mol. The molecule has 0 bridgehead atoms. The fraction of sp³-hybridized carbons (Fsp3) is 0.688. The van der Waals surface area contributed by atoms with Crippen LogP contribution in [0.5, 0.6) is 0 Å². The molecule has 0 saturated heterocycles. The molecule has 0 aromatic rings. The van der Waals surface area contributed by atoms with Crippen LogP contribution in [0.25, 0.3) is 0 Å². The van der Waals surface area contributed by atoms with Crippen molar-refractivity contribution >= 4 is 5.97 Å². The number of aliphatic hydroxyl groups excluding tert-OH is 1. The average Bonchev–Trinajstić information content (AvgIpc) is 2.36. The van der Waals surface area contributed by atoms with Gasteiger partial charge in [0.05, 0.1) is 12.2 Å². The van der Waals surface area contributed by atoms with E-state index in [1.54, 1.807) is 18.2 Å². The molecule has 108 valence electrons. The Kier molecular flexibility index (Phi) is 8.23. The first-order chi connectivity index (χ1) is 9.18. The summed E-state index contributed by atoms with van der Waals surface area (Å²) in [5.74, 6) is -0.307. The molecule has 1 N–H and O–H groups in total. The Morgan fingerprint density at radius 2 is 1.68 bits per heavy atom. The average molecular weight is 266 g/mol. The van der Waals surface area contributed by atoms with Gasteiger partial charge in [0, 0.05) is 6.08 Å². The highest BCUT2D eigenvalue weighted by molar-refractivity contribution is 5.82. The van der Waals surface area contributed by atoms with Crippen LogP contribution in [0, 0.1) is 0 Å². The predicted octanol–water partition coefficient (Wildman–Crippen LogP) is 3.53. The highest BCUT2D eigenvalue weighted by Crippen LogP contribution is 2.12. The number of carbonyl (C=O) groups excluding carboxylic acids is 1. The van der Waals surface area contributed by atoms with Gasteiger partial charge >= 0.3 is 5.97 Å². The molecule has 0 aromatic carbocycles. The molecule has 0 saturated carbocycles. The maximum Gasteiger partial charge on any atom is 0.331 e. The molecule has 0 aromatic heterocycles. The van der Waals surface area contributed by atoms with Crippen molar-refractivity contribution in [3.8, 4) is 0 Å². The van der Waals surface area contributed by atoms with Gasteiger partial charge in [-0.1, -0.05) is 50.3 Å². The zero-order chi connectivity index (χ0) is 13.9. The maximum absolute atomic E-state index is 11.5. The third-order valence-electron chi connectivity index (χ3n) is 3.35. The summed E-state index contributed by atoms with van der Waals surface area (Å²) >= 11 is 0. The van der Waals surface area contributed by atoms with Gasteiger partial charge in [-0.2, -0.15) is 0 Å². The van der Waals surface area contributed by atoms with Gasteiger partial charge < -0.3 is 9.84 Å². The summed E-state index contributed by atoms with van der Waals surface area (Å²) in [6.07, 6.45) is 14.8. The van der Waals surface area contributed by atoms with E-state index in [2.05, 4.69) is 0 Å². The van der Waals surface area contributed by atoms with Crippen LogP contribution in [-0.4, -0.2) is 23.3 Å². The van der Waals surface area contributed by atoms with Crippen LogP contribution < -0.4 is 0 Å². The third kappa shape index (κ3) is 8.60. The van der Waals surface area contributed by atoms with Gasteiger partial charge in [0.1, 0.15) is 0 Å². The fourth-order valence-corrected chi connectivity index (χ4v) is 2.21. The molecule has 0 radical (unpaired) electrons. The standard InChI is InChI=1S/C16H26O3/c1-14-10-6-4-2-3-5-7-11-15(17)12-8-9-13-16(18)19-14/h8-9,12-15,17H,2-7,10-11H2,1H3/b12-8-,13-9+/t14-,15-/m1/s1. The lowest BCUT2D eigenvalue weighted by Crippen LogP contribution is -2.12. The summed E-state index contributed by atoms with van der Waals surface area (Å²) < 4.78 is 5.26. The number of rotatable bonds is 0. The van der Waals surface area contributed by atoms with Crippen LogP contribution >= 0.6 is 0 Å². The lowest BCUT2D eigenvalue weighted by molar-refractivity contribution is -0.142. The number of ether oxygens (including phenoxy) is 1. The van der Waals surface area contributed by atoms with Crippen LogP contribution in [0.4, 0.5) is 0 Å². The van der Waals surface area contributed by atoms with Gasteiger partial charge in [-0.15, -0.1) is 0 Å². The minimum atomic E-state index is -0.410. The smallest absolute Gasteiger partial charge is 0.331 e. The van der Waals surface area contributed by atoms with Crippen molar-refractivity contribution in [3.05, 3.63) is 24.3 Å². The monoisotopic (exact) mass is 266 g/mol. The van der Waals surface area contributed by atoms with E-state index in [-0.39, 0.29) is 12.1 Å². The van der Waals surface area contributed by atoms with E-state index in [0.717, 1.165) is 25.7 Å². The normalized spacial score (nSPS) is 31.4. The lowest BCUT2D eigenvalue weighted by Gasteiger charge is -2.11. The Hall–Kier alpha value is -1.09. The molecule has 3 heteroatoms. The molecule has 19 heavy (non-hydrogen) atoms. The molecule has 0 aliphatic carbocycles. The minimum Gasteiger partial charge on any atom is -0.460 e. The largest absolute Gasteiger partial charge is 0.460 e. The highest BCUT2D eigenvalue weighted by atomic mass is 16.5. The zero-order valence-corrected chi connectivity index (χ0v) is 11.9. The molecule has 0 unspecified atom stereocenters. The second kappa shape index (κ2) is 9.79. The van der Waals surface area contributed by atoms with E-state index in [1.807, 2.05) is 6.92 Å². The number of cyclic esters (lactones) is 1. The van der Waals surface area contributed by atoms with E-state index in [4.69, 9.17) is 4.74 Å². The van der Waals surface area contributed by atoms with Gasteiger partial charge in [-0.3, -0.25) is 0 Å². The first-order valence-electron chi connectivity index (χ1n) is 7.42. The van der Waals surface area contributed by atoms with Crippen molar-refractivity contribution in [1.29, 1.82) is 0 Å². The molecule has 0 spiro atoms. The lowest BCUT2D eigenvalue weighted by atomic mass is 10.0. The Morgan fingerprint density at radius 3 is 2.42 bits per heavy atom. The molecule has 1 rings (SSSR count). The van der Waals surface area contributed by atoms with Gasteiger partial charge in [0.25, 0.3) is 0 Å². The van der Waals surface area contributed by atoms with Crippen molar-refractivity contribution in [2.24, 2.45) is 0 Å². The molecule has 1 aliphatic heterocycles. The van der Waals surface area contributed by atoms with E-state index in [1.165, 1.54) is 31.8 Å². The number of hydrogen-bond donors (Lipinski definition) is 1. The summed E-state index contributed by atoms with van der Waals surface area (Å²) in [5.41, 5.74) is 0. The SMILES string of the molecule is C[C@@H]1CCCCCCCC[C@@H](O)/C=C\C=C\C(=O)O1. The second-order valence-corrected chi connectivity index (χ2v) is 5.26. The highest BCUT2D eigenvalue weighted by Gasteiger charge is 2.06. The van der Waals surface area contributed by atoms with Gasteiger partial charge in [0.15, 0.2) is 0 Å². The molecular formula is C16H26O3. The number of allylic oxidation sites excluding steroid dienone is 2. The van der Waals surface area contributed by atoms with Crippen molar-refractivity contribution in [2.45, 2.75) is 70.5 Å². The van der Waals surface area contributed by atoms with Crippen molar-refractivity contribution in [3.63, 3.8) is 0 Å². The Balaban J connectivity index is 2.47. The number of hydrogen-bond acceptors (Lipinski definition) is 3. The van der Waals surface area contributed by atoms with E-state index in [9.17, 15) is 9.90 Å². The maximum atomic E-state index is 11.5. The first kappa shape index (κ1) is 16.0. The number of carbonyl (C=O) groups is 1. The van der Waals surface area contributed by atoms with Gasteiger partial charge in [-0.25, -0.2) is 4.79 Å². The first-order valence-corrected chi connectivity index (χ1v) is 7.42. The van der Waals surface area contributed by atoms with E-state index in [0.29, 0.717) is 0 Å². The van der Waals surface area contributed by atoms with Crippen LogP contribution in [0.2, 0.25) is 0 Å². The molecule has 2 atom stereocenters. The van der Waals surface area contributed by atoms with E-state index < -0.39 is 6.10 Å². The molecule has 0 amide bonds. The van der Waals surface area contributed by atoms with Gasteiger partial charge in [-0.05, 0) is 26.2 Å². The molecule has 1 heterocycles. The zero-order valence-electron chi connectivity index (χ0n) is 11.9. The Morgan fingerprint density at radius 1 is 1.05 bits per heavy atom.